The molecule has 1 aromatic rings. The van der Waals surface area contributed by atoms with Crippen molar-refractivity contribution < 1.29 is 9.47 Å². The van der Waals surface area contributed by atoms with Crippen LogP contribution in [-0.4, -0.2) is 54.9 Å². The highest BCUT2D eigenvalue weighted by molar-refractivity contribution is 5.39. The van der Waals surface area contributed by atoms with Crippen molar-refractivity contribution in [3.05, 3.63) is 35.1 Å². The summed E-state index contributed by atoms with van der Waals surface area (Å²) in [5.74, 6) is 0.774. The molecule has 1 fully saturated rings. The van der Waals surface area contributed by atoms with Crippen LogP contribution < -0.4 is 11.2 Å². The first-order chi connectivity index (χ1) is 11.5. The van der Waals surface area contributed by atoms with E-state index in [1.54, 1.807) is 6.20 Å². The van der Waals surface area contributed by atoms with Gasteiger partial charge in [-0.1, -0.05) is 0 Å². The zero-order valence-electron chi connectivity index (χ0n) is 15.1. The Morgan fingerprint density at radius 3 is 2.83 bits per heavy atom. The van der Waals surface area contributed by atoms with Gasteiger partial charge in [-0.25, -0.2) is 5.01 Å². The summed E-state index contributed by atoms with van der Waals surface area (Å²) in [5.41, 5.74) is 13.0. The smallest absolute Gasteiger partial charge is 0.221 e. The van der Waals surface area contributed by atoms with Crippen molar-refractivity contribution in [2.24, 2.45) is 0 Å². The molecule has 2 heterocycles. The molecule has 0 amide bonds. The maximum Gasteiger partial charge on any atom is 0.221 e. The minimum absolute atomic E-state index is 0.608. The first-order valence-corrected chi connectivity index (χ1v) is 8.36. The molecule has 2 rings (SSSR count). The van der Waals surface area contributed by atoms with Gasteiger partial charge >= 0.3 is 0 Å². The monoisotopic (exact) mass is 335 g/mol. The van der Waals surface area contributed by atoms with Crippen molar-refractivity contribution in [3.63, 3.8) is 0 Å². The van der Waals surface area contributed by atoms with Gasteiger partial charge in [-0.2, -0.15) is 0 Å². The van der Waals surface area contributed by atoms with E-state index in [1.165, 1.54) is 0 Å². The minimum atomic E-state index is 0.608. The Morgan fingerprint density at radius 1 is 1.46 bits per heavy atom. The van der Waals surface area contributed by atoms with Crippen molar-refractivity contribution in [2.45, 2.75) is 27.3 Å². The van der Waals surface area contributed by atoms with Gasteiger partial charge in [-0.05, 0) is 32.4 Å². The molecule has 0 unspecified atom stereocenters. The first kappa shape index (κ1) is 18.4. The molecular weight excluding hydrogens is 306 g/mol. The number of aryl methyl sites for hydroxylation is 1. The zero-order valence-corrected chi connectivity index (χ0v) is 15.1. The number of allylic oxidation sites excluding steroid dienone is 1. The normalized spacial score (nSPS) is 16.1. The number of hydrogen-bond donors (Lipinski definition) is 2. The maximum absolute atomic E-state index is 5.84. The molecule has 0 atom stereocenters. The van der Waals surface area contributed by atoms with Crippen molar-refractivity contribution in [2.75, 3.05) is 45.7 Å². The first-order valence-electron chi connectivity index (χ1n) is 8.36. The maximum atomic E-state index is 5.84. The third-order valence-corrected chi connectivity index (χ3v) is 4.02. The number of aromatic nitrogens is 1. The Balaban J connectivity index is 2.07. The second-order valence-electron chi connectivity index (χ2n) is 5.93. The average molecular weight is 335 g/mol. The van der Waals surface area contributed by atoms with Crippen molar-refractivity contribution in [3.8, 4) is 0 Å². The van der Waals surface area contributed by atoms with E-state index in [2.05, 4.69) is 22.2 Å². The summed E-state index contributed by atoms with van der Waals surface area (Å²) in [6, 6.07) is 1.96. The predicted molar refractivity (Wildman–Crippen MR) is 94.7 cm³/mol. The van der Waals surface area contributed by atoms with Crippen LogP contribution in [0.25, 0.3) is 0 Å². The molecule has 1 aliphatic rings. The number of nitrogens with two attached hydrogens (primary N) is 1. The van der Waals surface area contributed by atoms with E-state index in [4.69, 9.17) is 15.2 Å². The summed E-state index contributed by atoms with van der Waals surface area (Å²) in [6.07, 6.45) is 1.68. The molecule has 0 spiro atoms. The van der Waals surface area contributed by atoms with Crippen molar-refractivity contribution in [1.82, 2.24) is 20.3 Å². The average Bonchev–Trinajstić information content (AvgIpc) is 2.58. The van der Waals surface area contributed by atoms with Gasteiger partial charge in [-0.15, -0.1) is 0 Å². The predicted octanol–water partition coefficient (Wildman–Crippen LogP) is 1.47. The van der Waals surface area contributed by atoms with Crippen LogP contribution in [-0.2, 0) is 16.0 Å². The van der Waals surface area contributed by atoms with Gasteiger partial charge in [0, 0.05) is 32.4 Å². The van der Waals surface area contributed by atoms with Gasteiger partial charge in [0.2, 0.25) is 5.88 Å². The summed E-state index contributed by atoms with van der Waals surface area (Å²) in [4.78, 5) is 6.59. The van der Waals surface area contributed by atoms with E-state index in [0.717, 1.165) is 49.1 Å². The second kappa shape index (κ2) is 8.75. The topological polar surface area (TPSA) is 75.9 Å². The van der Waals surface area contributed by atoms with E-state index in [0.29, 0.717) is 18.8 Å². The number of hydrazine groups is 1. The van der Waals surface area contributed by atoms with E-state index >= 15 is 0 Å². The SMILES string of the molecule is CCO/C(NN(C)Cc1cc(N)cnc1C)=C(/C)N1CCOCC1. The quantitative estimate of drug-likeness (QED) is 0.577. The van der Waals surface area contributed by atoms with E-state index < -0.39 is 0 Å². The molecule has 24 heavy (non-hydrogen) atoms. The highest BCUT2D eigenvalue weighted by Gasteiger charge is 2.16. The number of nitrogens with zero attached hydrogens (tertiary/aromatic N) is 3. The van der Waals surface area contributed by atoms with E-state index in [1.807, 2.05) is 32.0 Å². The highest BCUT2D eigenvalue weighted by atomic mass is 16.5. The summed E-state index contributed by atoms with van der Waals surface area (Å²) >= 11 is 0. The van der Waals surface area contributed by atoms with Crippen molar-refractivity contribution in [1.29, 1.82) is 0 Å². The number of nitrogen functional groups attached to an aromatic ring is 1. The van der Waals surface area contributed by atoms with Gasteiger partial charge < -0.3 is 20.1 Å². The van der Waals surface area contributed by atoms with Crippen molar-refractivity contribution >= 4 is 5.69 Å². The standard InChI is InChI=1S/C17H29N5O2/c1-5-24-17(14(3)22-6-8-23-9-7-22)20-21(4)12-15-10-16(18)11-19-13(15)2/h10-11,20H,5-9,12,18H2,1-4H3/b17-14-. The second-order valence-corrected chi connectivity index (χ2v) is 5.93. The Labute approximate surface area is 144 Å². The highest BCUT2D eigenvalue weighted by Crippen LogP contribution is 2.14. The molecule has 0 saturated carbocycles. The Bertz CT molecular complexity index is 570. The van der Waals surface area contributed by atoms with Crippen LogP contribution in [0.5, 0.6) is 0 Å². The summed E-state index contributed by atoms with van der Waals surface area (Å²) < 4.78 is 11.2. The fourth-order valence-corrected chi connectivity index (χ4v) is 2.63. The summed E-state index contributed by atoms with van der Waals surface area (Å²) in [7, 11) is 1.98. The number of ether oxygens (including phenoxy) is 2. The number of anilines is 1. The lowest BCUT2D eigenvalue weighted by atomic mass is 10.2. The minimum Gasteiger partial charge on any atom is -0.477 e. The molecule has 3 N–H and O–H groups in total. The molecule has 0 radical (unpaired) electrons. The third kappa shape index (κ3) is 5.01. The number of nitrogens with one attached hydrogen (secondary N) is 1. The van der Waals surface area contributed by atoms with Crippen LogP contribution in [0.3, 0.4) is 0 Å². The van der Waals surface area contributed by atoms with Gasteiger partial charge in [0.05, 0.1) is 37.4 Å². The molecule has 1 saturated heterocycles. The molecule has 7 heteroatoms. The number of rotatable bonds is 7. The molecule has 134 valence electrons. The van der Waals surface area contributed by atoms with E-state index in [-0.39, 0.29) is 0 Å². The number of morpholine rings is 1. The molecule has 0 aliphatic carbocycles. The third-order valence-electron chi connectivity index (χ3n) is 4.02. The fourth-order valence-electron chi connectivity index (χ4n) is 2.63. The zero-order chi connectivity index (χ0) is 17.5. The van der Waals surface area contributed by atoms with Crippen LogP contribution in [0.4, 0.5) is 5.69 Å². The van der Waals surface area contributed by atoms with Crippen LogP contribution in [0.15, 0.2) is 23.8 Å². The number of pyridine rings is 1. The Morgan fingerprint density at radius 2 is 2.17 bits per heavy atom. The Kier molecular flexibility index (Phi) is 6.69. The lowest BCUT2D eigenvalue weighted by Crippen LogP contribution is -2.40. The molecule has 1 aliphatic heterocycles. The van der Waals surface area contributed by atoms with Crippen LogP contribution in [0.2, 0.25) is 0 Å². The molecule has 0 aromatic carbocycles. The van der Waals surface area contributed by atoms with Crippen LogP contribution >= 0.6 is 0 Å². The largest absolute Gasteiger partial charge is 0.477 e. The van der Waals surface area contributed by atoms with Gasteiger partial charge in [-0.3, -0.25) is 10.4 Å². The van der Waals surface area contributed by atoms with Gasteiger partial charge in [0.1, 0.15) is 0 Å². The molecular formula is C17H29N5O2. The van der Waals surface area contributed by atoms with Crippen LogP contribution in [0, 0.1) is 6.92 Å². The molecule has 1 aromatic heterocycles. The lowest BCUT2D eigenvalue weighted by Gasteiger charge is -2.32. The number of hydrogen-bond acceptors (Lipinski definition) is 7. The van der Waals surface area contributed by atoms with E-state index in [9.17, 15) is 0 Å². The van der Waals surface area contributed by atoms with Crippen LogP contribution in [0.1, 0.15) is 25.1 Å². The lowest BCUT2D eigenvalue weighted by molar-refractivity contribution is 0.0458. The Hall–Kier alpha value is -1.99. The summed E-state index contributed by atoms with van der Waals surface area (Å²) in [6.45, 7) is 10.6. The van der Waals surface area contributed by atoms with Gasteiger partial charge in [0.15, 0.2) is 0 Å². The molecule has 7 nitrogen and oxygen atoms in total. The summed E-state index contributed by atoms with van der Waals surface area (Å²) in [5, 5.41) is 1.98. The molecule has 0 bridgehead atoms. The fraction of sp³-hybridized carbons (Fsp3) is 0.588. The van der Waals surface area contributed by atoms with Gasteiger partial charge in [0.25, 0.3) is 0 Å².